The highest BCUT2D eigenvalue weighted by Crippen LogP contribution is 2.32. The van der Waals surface area contributed by atoms with Crippen molar-refractivity contribution >= 4 is 22.6 Å². The summed E-state index contributed by atoms with van der Waals surface area (Å²) < 4.78 is 2.24. The molecule has 0 unspecified atom stereocenters. The number of aromatic nitrogens is 1. The highest BCUT2D eigenvalue weighted by Gasteiger charge is 2.23. The number of benzene rings is 2. The van der Waals surface area contributed by atoms with Gasteiger partial charge in [-0.1, -0.05) is 47.6 Å². The molecule has 0 fully saturated rings. The number of carboxylic acids is 1. The van der Waals surface area contributed by atoms with Crippen molar-refractivity contribution in [2.24, 2.45) is 18.1 Å². The molecular weight excluding hydrogens is 376 g/mol. The first kappa shape index (κ1) is 20.2. The van der Waals surface area contributed by atoms with Crippen LogP contribution in [0.5, 0.6) is 0 Å². The maximum Gasteiger partial charge on any atom is 0.306 e. The van der Waals surface area contributed by atoms with Crippen LogP contribution in [0.25, 0.3) is 10.9 Å². The molecule has 5 heteroatoms. The molecular formula is C25H28N2O3. The number of fused-ring (bicyclic) bond motifs is 3. The summed E-state index contributed by atoms with van der Waals surface area (Å²) in [6, 6.07) is 16.0. The van der Waals surface area contributed by atoms with Crippen molar-refractivity contribution in [3.8, 4) is 0 Å². The average molecular weight is 405 g/mol. The molecule has 2 aromatic carbocycles. The van der Waals surface area contributed by atoms with Gasteiger partial charge in [0.1, 0.15) is 0 Å². The van der Waals surface area contributed by atoms with Crippen molar-refractivity contribution in [1.29, 1.82) is 0 Å². The van der Waals surface area contributed by atoms with Crippen LogP contribution in [-0.2, 0) is 31.1 Å². The largest absolute Gasteiger partial charge is 0.481 e. The van der Waals surface area contributed by atoms with Crippen LogP contribution in [0.15, 0.2) is 53.7 Å². The molecule has 5 nitrogen and oxygen atoms in total. The van der Waals surface area contributed by atoms with Crippen LogP contribution in [0, 0.1) is 5.92 Å². The Balaban J connectivity index is 1.57. The zero-order valence-corrected chi connectivity index (χ0v) is 17.3. The topological polar surface area (TPSA) is 74.8 Å². The molecule has 4 rings (SSSR count). The fourth-order valence-electron chi connectivity index (χ4n) is 4.69. The lowest BCUT2D eigenvalue weighted by Crippen LogP contribution is -2.19. The number of oxime groups is 1. The van der Waals surface area contributed by atoms with Crippen LogP contribution < -0.4 is 0 Å². The van der Waals surface area contributed by atoms with E-state index >= 15 is 0 Å². The number of hydrogen-bond donors (Lipinski definition) is 2. The minimum Gasteiger partial charge on any atom is -0.481 e. The van der Waals surface area contributed by atoms with Gasteiger partial charge in [0, 0.05) is 35.6 Å². The number of hydrogen-bond acceptors (Lipinski definition) is 3. The Kier molecular flexibility index (Phi) is 5.88. The molecule has 1 atom stereocenters. The van der Waals surface area contributed by atoms with Crippen LogP contribution in [0.1, 0.15) is 48.1 Å². The van der Waals surface area contributed by atoms with Gasteiger partial charge in [-0.3, -0.25) is 4.79 Å². The molecule has 2 N–H and O–H groups in total. The predicted octanol–water partition coefficient (Wildman–Crippen LogP) is 4.96. The van der Waals surface area contributed by atoms with Gasteiger partial charge in [-0.15, -0.1) is 0 Å². The lowest BCUT2D eigenvalue weighted by Gasteiger charge is -2.14. The third-order valence-corrected chi connectivity index (χ3v) is 6.40. The second-order valence-corrected chi connectivity index (χ2v) is 8.23. The van der Waals surface area contributed by atoms with Gasteiger partial charge in [-0.2, -0.15) is 0 Å². The smallest absolute Gasteiger partial charge is 0.306 e. The normalized spacial score (nSPS) is 15.2. The molecule has 0 saturated heterocycles. The van der Waals surface area contributed by atoms with E-state index in [1.807, 2.05) is 42.5 Å². The summed E-state index contributed by atoms with van der Waals surface area (Å²) >= 11 is 0. The van der Waals surface area contributed by atoms with E-state index in [-0.39, 0.29) is 6.42 Å². The first-order valence-corrected chi connectivity index (χ1v) is 10.7. The summed E-state index contributed by atoms with van der Waals surface area (Å²) in [5, 5.41) is 24.2. The fraction of sp³-hybridized carbons (Fsp3) is 0.360. The van der Waals surface area contributed by atoms with Crippen molar-refractivity contribution < 1.29 is 15.1 Å². The molecule has 0 saturated carbocycles. The van der Waals surface area contributed by atoms with E-state index in [1.165, 1.54) is 29.5 Å². The molecule has 0 spiro atoms. The SMILES string of the molecule is Cn1c2c(c3ccc(C(C[C@H](CCc4ccccc4)C(=O)O)=NO)cc31)CCCC2. The molecule has 0 aliphatic heterocycles. The first-order chi connectivity index (χ1) is 14.6. The second-order valence-electron chi connectivity index (χ2n) is 8.23. The maximum absolute atomic E-state index is 11.9. The van der Waals surface area contributed by atoms with Crippen molar-refractivity contribution in [1.82, 2.24) is 4.57 Å². The second kappa shape index (κ2) is 8.74. The van der Waals surface area contributed by atoms with E-state index in [1.54, 1.807) is 0 Å². The third-order valence-electron chi connectivity index (χ3n) is 6.40. The highest BCUT2D eigenvalue weighted by molar-refractivity contribution is 6.04. The van der Waals surface area contributed by atoms with Gasteiger partial charge in [0.2, 0.25) is 0 Å². The van der Waals surface area contributed by atoms with Crippen molar-refractivity contribution in [2.75, 3.05) is 0 Å². The lowest BCUT2D eigenvalue weighted by molar-refractivity contribution is -0.141. The maximum atomic E-state index is 11.9. The molecule has 0 bridgehead atoms. The van der Waals surface area contributed by atoms with Gasteiger partial charge < -0.3 is 14.9 Å². The number of carbonyl (C=O) groups is 1. The monoisotopic (exact) mass is 404 g/mol. The highest BCUT2D eigenvalue weighted by atomic mass is 16.4. The van der Waals surface area contributed by atoms with Gasteiger partial charge in [0.05, 0.1) is 11.6 Å². The summed E-state index contributed by atoms with van der Waals surface area (Å²) in [6.07, 6.45) is 6.02. The average Bonchev–Trinajstić information content (AvgIpc) is 3.06. The van der Waals surface area contributed by atoms with Gasteiger partial charge in [-0.25, -0.2) is 0 Å². The first-order valence-electron chi connectivity index (χ1n) is 10.7. The van der Waals surface area contributed by atoms with Crippen molar-refractivity contribution in [3.05, 3.63) is 70.9 Å². The summed E-state index contributed by atoms with van der Waals surface area (Å²) in [4.78, 5) is 11.9. The van der Waals surface area contributed by atoms with E-state index in [2.05, 4.69) is 22.8 Å². The minimum atomic E-state index is -0.859. The number of nitrogens with zero attached hydrogens (tertiary/aromatic N) is 2. The zero-order chi connectivity index (χ0) is 21.1. The standard InChI is InChI=1S/C25H28N2O3/c1-27-23-10-6-5-9-20(23)21-14-13-18(16-24(21)27)22(26-30)15-19(25(28)29)12-11-17-7-3-2-4-8-17/h2-4,7-8,13-14,16,19,30H,5-6,9-12,15H2,1H3,(H,28,29)/t19-/m0/s1. The fourth-order valence-corrected chi connectivity index (χ4v) is 4.69. The van der Waals surface area contributed by atoms with Crippen molar-refractivity contribution in [3.63, 3.8) is 0 Å². The van der Waals surface area contributed by atoms with Crippen LogP contribution >= 0.6 is 0 Å². The molecule has 1 heterocycles. The molecule has 156 valence electrons. The van der Waals surface area contributed by atoms with Crippen LogP contribution in [0.3, 0.4) is 0 Å². The molecule has 1 aliphatic rings. The number of aryl methyl sites for hydroxylation is 3. The quantitative estimate of drug-likeness (QED) is 0.332. The minimum absolute atomic E-state index is 0.203. The van der Waals surface area contributed by atoms with E-state index in [0.29, 0.717) is 18.6 Å². The molecule has 3 aromatic rings. The molecule has 1 aromatic heterocycles. The van der Waals surface area contributed by atoms with Gasteiger partial charge in [0.25, 0.3) is 0 Å². The molecule has 1 aliphatic carbocycles. The van der Waals surface area contributed by atoms with E-state index in [9.17, 15) is 15.1 Å². The summed E-state index contributed by atoms with van der Waals surface area (Å²) in [6.45, 7) is 0. The Labute approximate surface area is 176 Å². The lowest BCUT2D eigenvalue weighted by atomic mass is 9.91. The summed E-state index contributed by atoms with van der Waals surface area (Å²) in [5.41, 5.74) is 6.27. The Morgan fingerprint density at radius 2 is 1.90 bits per heavy atom. The van der Waals surface area contributed by atoms with E-state index < -0.39 is 11.9 Å². The van der Waals surface area contributed by atoms with E-state index in [4.69, 9.17) is 0 Å². The van der Waals surface area contributed by atoms with Crippen molar-refractivity contribution in [2.45, 2.75) is 44.9 Å². The molecule has 0 amide bonds. The summed E-state index contributed by atoms with van der Waals surface area (Å²) in [5.74, 6) is -1.46. The Hall–Kier alpha value is -3.08. The van der Waals surface area contributed by atoms with E-state index in [0.717, 1.165) is 29.5 Å². The van der Waals surface area contributed by atoms with Crippen LogP contribution in [0.4, 0.5) is 0 Å². The number of aliphatic carboxylic acids is 1. The van der Waals surface area contributed by atoms with Gasteiger partial charge in [0.15, 0.2) is 0 Å². The molecule has 0 radical (unpaired) electrons. The Morgan fingerprint density at radius 1 is 1.13 bits per heavy atom. The Morgan fingerprint density at radius 3 is 2.63 bits per heavy atom. The summed E-state index contributed by atoms with van der Waals surface area (Å²) in [7, 11) is 2.09. The predicted molar refractivity (Wildman–Crippen MR) is 118 cm³/mol. The Bertz CT molecular complexity index is 1080. The van der Waals surface area contributed by atoms with Gasteiger partial charge in [-0.05, 0) is 55.7 Å². The van der Waals surface area contributed by atoms with Crippen LogP contribution in [-0.4, -0.2) is 26.6 Å². The number of rotatable bonds is 7. The number of carboxylic acid groups (broad SMARTS) is 1. The molecule has 30 heavy (non-hydrogen) atoms. The van der Waals surface area contributed by atoms with Gasteiger partial charge >= 0.3 is 5.97 Å². The third kappa shape index (κ3) is 3.97. The zero-order valence-electron chi connectivity index (χ0n) is 17.3. The van der Waals surface area contributed by atoms with Crippen LogP contribution in [0.2, 0.25) is 0 Å².